The highest BCUT2D eigenvalue weighted by Gasteiger charge is 2.29. The van der Waals surface area contributed by atoms with Gasteiger partial charge in [0, 0.05) is 47.8 Å². The van der Waals surface area contributed by atoms with E-state index in [2.05, 4.69) is 29.1 Å². The zero-order chi connectivity index (χ0) is 40.5. The van der Waals surface area contributed by atoms with Crippen LogP contribution in [0.3, 0.4) is 0 Å². The van der Waals surface area contributed by atoms with Crippen molar-refractivity contribution in [3.05, 3.63) is 120 Å². The van der Waals surface area contributed by atoms with Crippen LogP contribution in [-0.2, 0) is 36.8 Å². The van der Waals surface area contributed by atoms with E-state index < -0.39 is 47.0 Å². The van der Waals surface area contributed by atoms with Crippen LogP contribution in [0.2, 0.25) is 5.02 Å². The van der Waals surface area contributed by atoms with Gasteiger partial charge >= 0.3 is 23.9 Å². The van der Waals surface area contributed by atoms with E-state index in [0.29, 0.717) is 52.5 Å². The Hall–Kier alpha value is -5.72. The summed E-state index contributed by atoms with van der Waals surface area (Å²) in [5.41, 5.74) is 0.683. The molecule has 1 heterocycles. The number of esters is 1. The molecule has 4 aromatic rings. The number of nitrogens with one attached hydrogen (secondary N) is 3. The second kappa shape index (κ2) is 18.1. The van der Waals surface area contributed by atoms with Gasteiger partial charge in [-0.1, -0.05) is 60.2 Å². The Morgan fingerprint density at radius 2 is 1.47 bits per heavy atom. The predicted molar refractivity (Wildman–Crippen MR) is 215 cm³/mol. The van der Waals surface area contributed by atoms with E-state index >= 15 is 0 Å². The highest BCUT2D eigenvalue weighted by Crippen LogP contribution is 2.27. The van der Waals surface area contributed by atoms with E-state index in [1.807, 2.05) is 11.0 Å². The summed E-state index contributed by atoms with van der Waals surface area (Å²) in [6, 6.07) is 19.0. The van der Waals surface area contributed by atoms with Gasteiger partial charge in [0.2, 0.25) is 5.91 Å². The third-order valence-electron chi connectivity index (χ3n) is 7.85. The molecule has 0 radical (unpaired) electrons. The smallest absolute Gasteiger partial charge is 0.419 e. The average molecular weight is 770 g/mol. The van der Waals surface area contributed by atoms with Crippen LogP contribution >= 0.6 is 11.6 Å². The zero-order valence-corrected chi connectivity index (χ0v) is 32.8. The lowest BCUT2D eigenvalue weighted by molar-refractivity contribution is -0.137. The SMILES string of the molecule is C=CCN(CC=C)Cc1ccc(Cl)cc1NC(=O)C(=O)NC(Cc1ccccc1)C(=O)Nc1ccc2c(c1)cc(C(=O)OC(C)(C)C)n2C(=O)OC(C)(C)C. The van der Waals surface area contributed by atoms with Crippen LogP contribution in [0.15, 0.2) is 98.1 Å². The van der Waals surface area contributed by atoms with E-state index in [1.54, 1.807) is 114 Å². The van der Waals surface area contributed by atoms with Gasteiger partial charge in [0.1, 0.15) is 22.9 Å². The molecule has 1 aromatic heterocycles. The molecular formula is C42H48ClN5O7. The Morgan fingerprint density at radius 3 is 2.09 bits per heavy atom. The Morgan fingerprint density at radius 1 is 0.818 bits per heavy atom. The van der Waals surface area contributed by atoms with Gasteiger partial charge in [0.05, 0.1) is 5.52 Å². The highest BCUT2D eigenvalue weighted by atomic mass is 35.5. The van der Waals surface area contributed by atoms with Crippen LogP contribution in [0, 0.1) is 0 Å². The van der Waals surface area contributed by atoms with Crippen molar-refractivity contribution in [1.82, 2.24) is 14.8 Å². The van der Waals surface area contributed by atoms with Crippen molar-refractivity contribution >= 4 is 63.7 Å². The number of carbonyl (C=O) groups excluding carboxylic acids is 5. The standard InChI is InChI=1S/C42H48ClN5O7/c1-9-20-47(21-10-2)26-28-16-17-30(43)25-32(28)45-37(50)38(51)46-33(22-27-14-12-11-13-15-27)36(49)44-31-18-19-34-29(23-31)24-35(39(52)54-41(3,4)5)48(34)40(53)55-42(6,7)8/h9-19,23-25,33H,1-2,20-22,26H2,3-8H3,(H,44,49)(H,45,50)(H,46,51). The Labute approximate surface area is 326 Å². The van der Waals surface area contributed by atoms with E-state index in [4.69, 9.17) is 21.1 Å². The summed E-state index contributed by atoms with van der Waals surface area (Å²) >= 11 is 6.26. The molecule has 0 fully saturated rings. The first-order valence-electron chi connectivity index (χ1n) is 17.7. The fraction of sp³-hybridized carbons (Fsp3) is 0.310. The number of anilines is 2. The van der Waals surface area contributed by atoms with Crippen LogP contribution in [0.25, 0.3) is 10.9 Å². The maximum atomic E-state index is 13.9. The third-order valence-corrected chi connectivity index (χ3v) is 8.09. The quantitative estimate of drug-likeness (QED) is 0.0719. The molecule has 3 N–H and O–H groups in total. The number of benzene rings is 3. The number of rotatable bonds is 13. The van der Waals surface area contributed by atoms with Crippen molar-refractivity contribution in [2.75, 3.05) is 23.7 Å². The maximum absolute atomic E-state index is 13.9. The third kappa shape index (κ3) is 12.1. The molecule has 13 heteroatoms. The molecule has 0 saturated heterocycles. The Balaban J connectivity index is 1.60. The second-order valence-corrected chi connectivity index (χ2v) is 15.3. The molecule has 55 heavy (non-hydrogen) atoms. The number of hydrogen-bond donors (Lipinski definition) is 3. The van der Waals surface area contributed by atoms with Gasteiger partial charge in [0.15, 0.2) is 0 Å². The first-order chi connectivity index (χ1) is 25.9. The summed E-state index contributed by atoms with van der Waals surface area (Å²) in [5.74, 6) is -3.38. The van der Waals surface area contributed by atoms with E-state index in [-0.39, 0.29) is 12.1 Å². The Bertz CT molecular complexity index is 2070. The van der Waals surface area contributed by atoms with Gasteiger partial charge in [-0.2, -0.15) is 0 Å². The molecule has 0 saturated carbocycles. The van der Waals surface area contributed by atoms with Crippen molar-refractivity contribution < 1.29 is 33.4 Å². The van der Waals surface area contributed by atoms with Crippen LogP contribution < -0.4 is 16.0 Å². The molecule has 0 aliphatic heterocycles. The Kier molecular flexibility index (Phi) is 13.8. The minimum atomic E-state index is -1.19. The molecule has 12 nitrogen and oxygen atoms in total. The minimum Gasteiger partial charge on any atom is -0.455 e. The van der Waals surface area contributed by atoms with Crippen molar-refractivity contribution in [3.63, 3.8) is 0 Å². The molecule has 0 aliphatic carbocycles. The summed E-state index contributed by atoms with van der Waals surface area (Å²) < 4.78 is 12.3. The van der Waals surface area contributed by atoms with Gasteiger partial charge in [0.25, 0.3) is 0 Å². The van der Waals surface area contributed by atoms with Crippen LogP contribution in [0.5, 0.6) is 0 Å². The molecular weight excluding hydrogens is 722 g/mol. The number of fused-ring (bicyclic) bond motifs is 1. The lowest BCUT2D eigenvalue weighted by atomic mass is 10.0. The van der Waals surface area contributed by atoms with Gasteiger partial charge in [-0.25, -0.2) is 14.2 Å². The van der Waals surface area contributed by atoms with Crippen molar-refractivity contribution in [3.8, 4) is 0 Å². The van der Waals surface area contributed by atoms with Crippen LogP contribution in [0.1, 0.15) is 63.2 Å². The molecule has 0 spiro atoms. The number of ether oxygens (including phenoxy) is 2. The van der Waals surface area contributed by atoms with Gasteiger partial charge in [-0.15, -0.1) is 13.2 Å². The number of halogens is 1. The molecule has 3 amide bonds. The molecule has 0 aliphatic rings. The molecule has 290 valence electrons. The maximum Gasteiger partial charge on any atom is 0.419 e. The van der Waals surface area contributed by atoms with Gasteiger partial charge < -0.3 is 25.4 Å². The summed E-state index contributed by atoms with van der Waals surface area (Å²) in [5, 5.41) is 8.84. The van der Waals surface area contributed by atoms with E-state index in [0.717, 1.165) is 10.1 Å². The van der Waals surface area contributed by atoms with Crippen molar-refractivity contribution in [1.29, 1.82) is 0 Å². The lowest BCUT2D eigenvalue weighted by Gasteiger charge is -2.22. The number of aromatic nitrogens is 1. The first kappa shape index (κ1) is 42.0. The zero-order valence-electron chi connectivity index (χ0n) is 32.0. The molecule has 0 bridgehead atoms. The summed E-state index contributed by atoms with van der Waals surface area (Å²) in [6.45, 7) is 19.4. The fourth-order valence-corrected chi connectivity index (χ4v) is 5.75. The number of amides is 3. The molecule has 1 unspecified atom stereocenters. The lowest BCUT2D eigenvalue weighted by Crippen LogP contribution is -2.49. The number of nitrogens with zero attached hydrogens (tertiary/aromatic N) is 2. The molecule has 4 rings (SSSR count). The van der Waals surface area contributed by atoms with Gasteiger partial charge in [-0.05, 0) is 89.1 Å². The monoisotopic (exact) mass is 769 g/mol. The summed E-state index contributed by atoms with van der Waals surface area (Å²) in [7, 11) is 0. The normalized spacial score (nSPS) is 12.1. The summed E-state index contributed by atoms with van der Waals surface area (Å²) in [4.78, 5) is 69.2. The van der Waals surface area contributed by atoms with Crippen LogP contribution in [0.4, 0.5) is 16.2 Å². The summed E-state index contributed by atoms with van der Waals surface area (Å²) in [6.07, 6.45) is 2.79. The van der Waals surface area contributed by atoms with E-state index in [1.165, 1.54) is 6.07 Å². The first-order valence-corrected chi connectivity index (χ1v) is 18.1. The van der Waals surface area contributed by atoms with Crippen molar-refractivity contribution in [2.45, 2.75) is 71.8 Å². The number of carbonyl (C=O) groups is 5. The van der Waals surface area contributed by atoms with Crippen molar-refractivity contribution in [2.24, 2.45) is 0 Å². The molecule has 1 atom stereocenters. The van der Waals surface area contributed by atoms with Gasteiger partial charge in [-0.3, -0.25) is 19.3 Å². The fourth-order valence-electron chi connectivity index (χ4n) is 5.58. The largest absolute Gasteiger partial charge is 0.455 e. The minimum absolute atomic E-state index is 0.0557. The number of hydrogen-bond acceptors (Lipinski definition) is 8. The average Bonchev–Trinajstić information content (AvgIpc) is 3.48. The van der Waals surface area contributed by atoms with E-state index in [9.17, 15) is 24.0 Å². The highest BCUT2D eigenvalue weighted by molar-refractivity contribution is 6.40. The second-order valence-electron chi connectivity index (χ2n) is 14.9. The van der Waals surface area contributed by atoms with Crippen LogP contribution in [-0.4, -0.2) is 69.6 Å². The predicted octanol–water partition coefficient (Wildman–Crippen LogP) is 7.51. The molecule has 3 aromatic carbocycles. The topological polar surface area (TPSA) is 148 Å².